The second-order valence-electron chi connectivity index (χ2n) is 18.9. The van der Waals surface area contributed by atoms with E-state index in [0.717, 1.165) is 48.5 Å². The molecule has 14 N–H and O–H groups in total. The third-order valence-corrected chi connectivity index (χ3v) is 16.9. The quantitative estimate of drug-likeness (QED) is 0.0506. The van der Waals surface area contributed by atoms with Crippen molar-refractivity contribution in [2.45, 2.75) is 19.6 Å². The first-order valence-electron chi connectivity index (χ1n) is 26.2. The third-order valence-electron chi connectivity index (χ3n) is 11.9. The van der Waals surface area contributed by atoms with Crippen molar-refractivity contribution < 1.29 is 51.9 Å². The number of aromatic nitrogens is 18. The van der Waals surface area contributed by atoms with E-state index in [0.29, 0.717) is 0 Å². The molecular weight excluding hydrogens is 1570 g/mol. The Bertz CT molecular complexity index is 5470. The number of anilines is 4. The van der Waals surface area contributed by atoms with E-state index >= 15 is 0 Å². The van der Waals surface area contributed by atoms with E-state index in [1.54, 1.807) is 0 Å². The molecule has 6 heterocycles. The van der Waals surface area contributed by atoms with Crippen LogP contribution in [0.3, 0.4) is 0 Å². The van der Waals surface area contributed by atoms with Crippen LogP contribution in [0, 0.1) is 0 Å². The zero-order valence-corrected chi connectivity index (χ0v) is 57.3. The maximum Gasteiger partial charge on any atom is 0.296 e. The molecule has 52 heteroatoms. The average molecular weight is 1600 g/mol. The molecule has 11 rings (SSSR count). The van der Waals surface area contributed by atoms with Crippen molar-refractivity contribution in [2.75, 3.05) is 10.6 Å². The minimum absolute atomic E-state index is 0.150. The van der Waals surface area contributed by atoms with Gasteiger partial charge in [-0.15, -0.1) is 0 Å². The van der Waals surface area contributed by atoms with Crippen molar-refractivity contribution in [3.05, 3.63) is 184 Å². The van der Waals surface area contributed by atoms with Crippen LogP contribution < -0.4 is 55.6 Å². The fourth-order valence-electron chi connectivity index (χ4n) is 8.09. The molecule has 0 aliphatic carbocycles. The summed E-state index contributed by atoms with van der Waals surface area (Å²) in [4.78, 5) is 91.3. The van der Waals surface area contributed by atoms with Crippen molar-refractivity contribution >= 4 is 202 Å². The summed E-state index contributed by atoms with van der Waals surface area (Å²) in [5.41, 5.74) is -3.85. The van der Waals surface area contributed by atoms with Crippen molar-refractivity contribution in [3.63, 3.8) is 0 Å². The van der Waals surface area contributed by atoms with Crippen molar-refractivity contribution in [3.8, 4) is 0 Å². The Labute approximate surface area is 593 Å². The Morgan fingerprint density at radius 2 is 0.530 bits per heavy atom. The SMILES string of the molecule is O=S(=O)(O)c1cc(N=c2nc(Nc3ccc(Nc4nc(=Nc5ccc(N=c6nc(Cl)nc(Cl)[nH]6)c(S(=O)(=O)O)c5)[nH]c(=Nc5ccc(N=c6nc(Cl)nc(Cl)[nH]6)c(S(=O)(=O)O)c5)[nH]4)cc3)[nH]c(=Nc3ccc(N=c4nc(Cl)nc(Cl)[nH]4)c(S(=O)(=O)O)c3)[nH]2)ccc1N=c1nc(Cl)nc(Cl)[nH]1. The minimum Gasteiger partial charge on any atom is -0.326 e. The maximum absolute atomic E-state index is 12.8. The number of rotatable bonds is 16. The summed E-state index contributed by atoms with van der Waals surface area (Å²) in [5.74, 6) is -0.320. The van der Waals surface area contributed by atoms with Gasteiger partial charge in [0.25, 0.3) is 40.5 Å². The van der Waals surface area contributed by atoms with Crippen LogP contribution in [0.15, 0.2) is 157 Å². The van der Waals surface area contributed by atoms with E-state index in [1.807, 2.05) is 0 Å². The van der Waals surface area contributed by atoms with Gasteiger partial charge in [-0.2, -0.15) is 83.5 Å². The minimum atomic E-state index is -5.06. The average Bonchev–Trinajstić information content (AvgIpc) is 0.813. The maximum atomic E-state index is 12.8. The van der Waals surface area contributed by atoms with Crippen LogP contribution in [0.1, 0.15) is 0 Å². The van der Waals surface area contributed by atoms with Gasteiger partial charge in [-0.3, -0.25) is 58.1 Å². The first kappa shape index (κ1) is 71.4. The second-order valence-corrected chi connectivity index (χ2v) is 27.3. The van der Waals surface area contributed by atoms with Crippen LogP contribution in [0.25, 0.3) is 0 Å². The summed E-state index contributed by atoms with van der Waals surface area (Å²) in [6.07, 6.45) is 0. The van der Waals surface area contributed by atoms with E-state index in [2.05, 4.69) is 140 Å². The number of halogens is 8. The summed E-state index contributed by atoms with van der Waals surface area (Å²) in [6.45, 7) is 0. The van der Waals surface area contributed by atoms with Gasteiger partial charge in [-0.05, 0) is 190 Å². The standard InChI is InChI=1S/C48H30Cl8N28O12S4/c49-31-67-32(50)72-45(71-31)63-23-9-5-19(13-27(23)97(85,86)87)59-41-79-39(80-42(83-41)60-20-6-10-24(28(14-20)98(88,89)90)64-46-73-33(51)68-34(52)74-46)57-17-1-2-18(4-3-17)58-40-81-43(61-21-7-11-25(29(15-21)99(91,92)93)65-47-75-35(53)69-36(54)76-47)84-44(82-40)62-22-8-12-26(30(16-22)100(94,95)96)66-48-77-37(55)70-38(56)78-48/h1-16H,(H,85,86,87)(H,88,89,90)(H,91,92,93)(H,94,95,96)(H,63,67,71,72)(H,64,68,73,74)(H,65,69,75,76)(H,66,70,77,78)(H3,57,59,60,79,80,83)(H3,58,61,62,81,82,84). The molecule has 0 unspecified atom stereocenters. The number of hydrogen-bond acceptors (Lipinski definition) is 28. The summed E-state index contributed by atoms with van der Waals surface area (Å²) in [5, 5.41) is 3.62. The predicted octanol–water partition coefficient (Wildman–Crippen LogP) is 5.82. The van der Waals surface area contributed by atoms with Crippen LogP contribution in [0.4, 0.5) is 68.8 Å². The molecule has 100 heavy (non-hydrogen) atoms. The van der Waals surface area contributed by atoms with Crippen LogP contribution >= 0.6 is 92.8 Å². The highest BCUT2D eigenvalue weighted by Gasteiger charge is 2.22. The molecule has 0 amide bonds. The number of benzene rings is 5. The highest BCUT2D eigenvalue weighted by atomic mass is 35.5. The summed E-state index contributed by atoms with van der Waals surface area (Å²) in [7, 11) is -20.2. The number of aromatic amines is 8. The highest BCUT2D eigenvalue weighted by molar-refractivity contribution is 7.86. The molecular formula is C48H30Cl8N28O12S4. The molecule has 0 saturated heterocycles. The molecule has 5 aromatic carbocycles. The number of nitrogens with zero attached hydrogens (tertiary/aromatic N) is 18. The lowest BCUT2D eigenvalue weighted by atomic mass is 10.3. The zero-order chi connectivity index (χ0) is 71.6. The topological polar surface area (TPSA) is 596 Å². The lowest BCUT2D eigenvalue weighted by Crippen LogP contribution is -2.28. The lowest BCUT2D eigenvalue weighted by Gasteiger charge is -2.09. The molecule has 0 aliphatic heterocycles. The summed E-state index contributed by atoms with van der Waals surface area (Å²) in [6, 6.07) is 19.5. The molecule has 0 spiro atoms. The van der Waals surface area contributed by atoms with Gasteiger partial charge in [0.05, 0.1) is 45.5 Å². The first-order valence-corrected chi connectivity index (χ1v) is 35.0. The van der Waals surface area contributed by atoms with Crippen LogP contribution in [0.2, 0.25) is 42.3 Å². The van der Waals surface area contributed by atoms with Crippen molar-refractivity contribution in [1.82, 2.24) is 89.7 Å². The Balaban J connectivity index is 0.995. The van der Waals surface area contributed by atoms with Crippen LogP contribution in [0.5, 0.6) is 0 Å². The van der Waals surface area contributed by atoms with Gasteiger partial charge in [0.15, 0.2) is 0 Å². The smallest absolute Gasteiger partial charge is 0.296 e. The Morgan fingerprint density at radius 3 is 0.770 bits per heavy atom. The summed E-state index contributed by atoms with van der Waals surface area (Å²) < 4.78 is 144. The molecule has 6 aromatic heterocycles. The van der Waals surface area contributed by atoms with E-state index in [9.17, 15) is 51.9 Å². The zero-order valence-electron chi connectivity index (χ0n) is 48.0. The molecule has 0 aliphatic rings. The Kier molecular flexibility index (Phi) is 20.8. The molecule has 0 bridgehead atoms. The molecule has 11 aromatic rings. The van der Waals surface area contributed by atoms with Gasteiger partial charge in [-0.25, -0.2) is 39.9 Å². The van der Waals surface area contributed by atoms with E-state index in [1.165, 1.54) is 48.5 Å². The molecule has 514 valence electrons. The normalized spacial score (nSPS) is 13.8. The Morgan fingerprint density at radius 1 is 0.290 bits per heavy atom. The molecule has 0 atom stereocenters. The number of H-pyrrole nitrogens is 8. The van der Waals surface area contributed by atoms with Crippen LogP contribution in [-0.2, 0) is 40.5 Å². The van der Waals surface area contributed by atoms with Crippen molar-refractivity contribution in [1.29, 1.82) is 0 Å². The largest absolute Gasteiger partial charge is 0.326 e. The van der Waals surface area contributed by atoms with Crippen LogP contribution in [-0.4, -0.2) is 142 Å². The fraction of sp³-hybridized carbons (Fsp3) is 0. The van der Waals surface area contributed by atoms with Gasteiger partial charge >= 0.3 is 0 Å². The van der Waals surface area contributed by atoms with Crippen molar-refractivity contribution in [2.24, 2.45) is 39.9 Å². The molecule has 0 saturated carbocycles. The molecule has 0 radical (unpaired) electrons. The molecule has 40 nitrogen and oxygen atoms in total. The van der Waals surface area contributed by atoms with Gasteiger partial charge < -0.3 is 10.6 Å². The fourth-order valence-corrected chi connectivity index (χ4v) is 12.2. The van der Waals surface area contributed by atoms with E-state index < -0.39 is 60.1 Å². The van der Waals surface area contributed by atoms with Gasteiger partial charge in [-0.1, -0.05) is 0 Å². The predicted molar refractivity (Wildman–Crippen MR) is 351 cm³/mol. The molecule has 0 fully saturated rings. The highest BCUT2D eigenvalue weighted by Crippen LogP contribution is 2.32. The van der Waals surface area contributed by atoms with E-state index in [4.69, 9.17) is 92.8 Å². The van der Waals surface area contributed by atoms with E-state index in [-0.39, 0.29) is 156 Å². The monoisotopic (exact) mass is 1600 g/mol. The number of hydrogen-bond donors (Lipinski definition) is 14. The van der Waals surface area contributed by atoms with Gasteiger partial charge in [0, 0.05) is 11.4 Å². The summed E-state index contributed by atoms with van der Waals surface area (Å²) >= 11 is 47.4. The third kappa shape index (κ3) is 18.9. The van der Waals surface area contributed by atoms with Gasteiger partial charge in [0.2, 0.25) is 99.1 Å². The second kappa shape index (κ2) is 29.1. The lowest BCUT2D eigenvalue weighted by molar-refractivity contribution is 0.481. The first-order chi connectivity index (χ1) is 47.1. The Hall–Kier alpha value is -9.88. The number of nitrogens with one attached hydrogen (secondary N) is 10. The van der Waals surface area contributed by atoms with Gasteiger partial charge in [0.1, 0.15) is 19.6 Å².